The molecule has 2 aliphatic rings. The minimum Gasteiger partial charge on any atom is -0.444 e. The number of aromatic nitrogens is 4. The van der Waals surface area contributed by atoms with Crippen LogP contribution in [0.5, 0.6) is 0 Å². The van der Waals surface area contributed by atoms with Crippen molar-refractivity contribution < 1.29 is 9.53 Å². The van der Waals surface area contributed by atoms with E-state index in [1.54, 1.807) is 0 Å². The average molecular weight is 379 g/mol. The summed E-state index contributed by atoms with van der Waals surface area (Å²) in [5, 5.41) is 16.1. The lowest BCUT2D eigenvalue weighted by molar-refractivity contribution is 0.104. The predicted octanol–water partition coefficient (Wildman–Crippen LogP) is 1.01. The van der Waals surface area contributed by atoms with Gasteiger partial charge in [-0.15, -0.1) is 0 Å². The number of alkyl carbamates (subject to hydrolysis) is 1. The van der Waals surface area contributed by atoms with Gasteiger partial charge in [0.1, 0.15) is 11.1 Å². The maximum atomic E-state index is 12.2. The standard InChI is InChI=1S/C16H19ClN6O3/c17-14-13(7-19-22-15(14)24)23-4-3-11(8-23)26-16(25)20-10-1-2-12-9(5-10)6-18-21-12/h6-7,10-11H,1-5,8H2,(H,18,21)(H,20,25)(H,22,24)/t10?,11-/m1/s1. The molecule has 9 nitrogen and oxygen atoms in total. The SMILES string of the molecule is O=C(NC1CCc2[nH]ncc2C1)O[C@@H]1CCN(c2cn[nH]c(=O)c2Cl)C1. The van der Waals surface area contributed by atoms with Crippen molar-refractivity contribution in [2.75, 3.05) is 18.0 Å². The number of aryl methyl sites for hydroxylation is 1. The Morgan fingerprint density at radius 2 is 2.15 bits per heavy atom. The van der Waals surface area contributed by atoms with Crippen molar-refractivity contribution >= 4 is 23.4 Å². The van der Waals surface area contributed by atoms with Gasteiger partial charge in [0.15, 0.2) is 0 Å². The van der Waals surface area contributed by atoms with Gasteiger partial charge in [-0.1, -0.05) is 11.6 Å². The van der Waals surface area contributed by atoms with Crippen molar-refractivity contribution in [2.45, 2.75) is 37.8 Å². The number of ether oxygens (including phenoxy) is 1. The molecule has 0 saturated carbocycles. The molecule has 1 unspecified atom stereocenters. The summed E-state index contributed by atoms with van der Waals surface area (Å²) in [5.74, 6) is 0. The van der Waals surface area contributed by atoms with Crippen LogP contribution in [0, 0.1) is 0 Å². The van der Waals surface area contributed by atoms with E-state index in [0.717, 1.165) is 30.5 Å². The number of aromatic amines is 2. The van der Waals surface area contributed by atoms with Crippen molar-refractivity contribution in [2.24, 2.45) is 0 Å². The monoisotopic (exact) mass is 378 g/mol. The first-order chi connectivity index (χ1) is 12.6. The summed E-state index contributed by atoms with van der Waals surface area (Å²) in [5.41, 5.74) is 2.42. The van der Waals surface area contributed by atoms with E-state index in [4.69, 9.17) is 16.3 Å². The van der Waals surface area contributed by atoms with Crippen LogP contribution in [0.3, 0.4) is 0 Å². The molecule has 3 N–H and O–H groups in total. The molecule has 3 heterocycles. The normalized spacial score (nSPS) is 22.1. The Balaban J connectivity index is 1.31. The number of fused-ring (bicyclic) bond motifs is 1. The van der Waals surface area contributed by atoms with Crippen LogP contribution < -0.4 is 15.8 Å². The molecule has 2 atom stereocenters. The Kier molecular flexibility index (Phi) is 4.54. The van der Waals surface area contributed by atoms with Gasteiger partial charge in [-0.25, -0.2) is 9.89 Å². The van der Waals surface area contributed by atoms with Gasteiger partial charge in [0.05, 0.1) is 24.6 Å². The van der Waals surface area contributed by atoms with Gasteiger partial charge in [-0.2, -0.15) is 10.2 Å². The topological polar surface area (TPSA) is 116 Å². The van der Waals surface area contributed by atoms with E-state index in [2.05, 4.69) is 25.7 Å². The molecule has 1 aliphatic heterocycles. The van der Waals surface area contributed by atoms with Gasteiger partial charge >= 0.3 is 6.09 Å². The summed E-state index contributed by atoms with van der Waals surface area (Å²) in [4.78, 5) is 25.7. The number of carbonyl (C=O) groups is 1. The number of amides is 1. The second-order valence-electron chi connectivity index (χ2n) is 6.62. The molecule has 2 aromatic rings. The molecule has 2 aromatic heterocycles. The molecule has 4 rings (SSSR count). The fourth-order valence-corrected chi connectivity index (χ4v) is 3.74. The minimum absolute atomic E-state index is 0.0523. The fraction of sp³-hybridized carbons (Fsp3) is 0.500. The number of hydrogen-bond donors (Lipinski definition) is 3. The van der Waals surface area contributed by atoms with Gasteiger partial charge in [0, 0.05) is 24.7 Å². The first kappa shape index (κ1) is 16.9. The second-order valence-corrected chi connectivity index (χ2v) is 7.00. The van der Waals surface area contributed by atoms with Crippen LogP contribution in [0.2, 0.25) is 5.02 Å². The minimum atomic E-state index is -0.429. The summed E-state index contributed by atoms with van der Waals surface area (Å²) in [7, 11) is 0. The number of anilines is 1. The van der Waals surface area contributed by atoms with Crippen molar-refractivity contribution in [3.05, 3.63) is 39.0 Å². The van der Waals surface area contributed by atoms with Gasteiger partial charge in [-0.3, -0.25) is 9.89 Å². The van der Waals surface area contributed by atoms with Gasteiger partial charge in [0.25, 0.3) is 5.56 Å². The van der Waals surface area contributed by atoms with Crippen LogP contribution in [-0.2, 0) is 17.6 Å². The van der Waals surface area contributed by atoms with Crippen molar-refractivity contribution in [1.29, 1.82) is 0 Å². The first-order valence-electron chi connectivity index (χ1n) is 8.56. The van der Waals surface area contributed by atoms with Crippen molar-refractivity contribution in [1.82, 2.24) is 25.7 Å². The van der Waals surface area contributed by atoms with Crippen molar-refractivity contribution in [3.8, 4) is 0 Å². The summed E-state index contributed by atoms with van der Waals surface area (Å²) < 4.78 is 5.54. The molecule has 0 spiro atoms. The number of nitrogens with zero attached hydrogens (tertiary/aromatic N) is 3. The number of hydrogen-bond acceptors (Lipinski definition) is 6. The Labute approximate surface area is 154 Å². The lowest BCUT2D eigenvalue weighted by Gasteiger charge is -2.23. The van der Waals surface area contributed by atoms with Crippen LogP contribution in [-0.4, -0.2) is 51.7 Å². The largest absolute Gasteiger partial charge is 0.444 e. The van der Waals surface area contributed by atoms with Gasteiger partial charge in [-0.05, 0) is 24.8 Å². The Morgan fingerprint density at radius 3 is 3.04 bits per heavy atom. The summed E-state index contributed by atoms with van der Waals surface area (Å²) >= 11 is 6.03. The third kappa shape index (κ3) is 3.39. The number of H-pyrrole nitrogens is 2. The highest BCUT2D eigenvalue weighted by molar-refractivity contribution is 6.33. The Bertz CT molecular complexity index is 866. The summed E-state index contributed by atoms with van der Waals surface area (Å²) in [6, 6.07) is 0.0523. The molecule has 1 amide bonds. The number of nitrogens with one attached hydrogen (secondary N) is 3. The van der Waals surface area contributed by atoms with Crippen LogP contribution in [0.4, 0.5) is 10.5 Å². The lowest BCUT2D eigenvalue weighted by atomic mass is 9.94. The van der Waals surface area contributed by atoms with Crippen LogP contribution in [0.15, 0.2) is 17.2 Å². The summed E-state index contributed by atoms with van der Waals surface area (Å²) in [6.45, 7) is 1.12. The third-order valence-corrected chi connectivity index (χ3v) is 5.24. The molecule has 1 aliphatic carbocycles. The zero-order valence-corrected chi connectivity index (χ0v) is 14.8. The number of carbonyl (C=O) groups excluding carboxylic acids is 1. The number of rotatable bonds is 3. The first-order valence-corrected chi connectivity index (χ1v) is 8.94. The Morgan fingerprint density at radius 1 is 1.31 bits per heavy atom. The highest BCUT2D eigenvalue weighted by Gasteiger charge is 2.29. The molecule has 0 bridgehead atoms. The lowest BCUT2D eigenvalue weighted by Crippen LogP contribution is -2.40. The summed E-state index contributed by atoms with van der Waals surface area (Å²) in [6.07, 6.45) is 5.81. The van der Waals surface area contributed by atoms with Gasteiger partial charge in [0.2, 0.25) is 0 Å². The average Bonchev–Trinajstić information content (AvgIpc) is 3.26. The molecule has 138 valence electrons. The smallest absolute Gasteiger partial charge is 0.407 e. The molecular weight excluding hydrogens is 360 g/mol. The van der Waals surface area contributed by atoms with E-state index < -0.39 is 11.7 Å². The molecule has 1 saturated heterocycles. The van der Waals surface area contributed by atoms with Crippen LogP contribution in [0.25, 0.3) is 0 Å². The molecule has 10 heteroatoms. The quantitative estimate of drug-likeness (QED) is 0.734. The van der Waals surface area contributed by atoms with E-state index in [9.17, 15) is 9.59 Å². The Hall–Kier alpha value is -2.55. The molecular formula is C16H19ClN6O3. The number of halogens is 1. The van der Waals surface area contributed by atoms with Gasteiger partial charge < -0.3 is 15.0 Å². The molecule has 0 aromatic carbocycles. The van der Waals surface area contributed by atoms with E-state index in [-0.39, 0.29) is 17.2 Å². The molecule has 26 heavy (non-hydrogen) atoms. The van der Waals surface area contributed by atoms with E-state index >= 15 is 0 Å². The third-order valence-electron chi connectivity index (χ3n) is 4.88. The fourth-order valence-electron chi connectivity index (χ4n) is 3.53. The zero-order chi connectivity index (χ0) is 18.1. The van der Waals surface area contributed by atoms with E-state index in [0.29, 0.717) is 25.2 Å². The maximum Gasteiger partial charge on any atom is 0.407 e. The highest BCUT2D eigenvalue weighted by atomic mass is 35.5. The van der Waals surface area contributed by atoms with Crippen LogP contribution in [0.1, 0.15) is 24.1 Å². The van der Waals surface area contributed by atoms with E-state index in [1.807, 2.05) is 11.1 Å². The maximum absolute atomic E-state index is 12.2. The van der Waals surface area contributed by atoms with Crippen LogP contribution >= 0.6 is 11.6 Å². The second kappa shape index (κ2) is 6.99. The van der Waals surface area contributed by atoms with E-state index in [1.165, 1.54) is 6.20 Å². The highest BCUT2D eigenvalue weighted by Crippen LogP contribution is 2.26. The zero-order valence-electron chi connectivity index (χ0n) is 14.0. The predicted molar refractivity (Wildman–Crippen MR) is 94.5 cm³/mol. The van der Waals surface area contributed by atoms with Crippen molar-refractivity contribution in [3.63, 3.8) is 0 Å². The molecule has 1 fully saturated rings. The molecule has 0 radical (unpaired) electrons.